The molecule has 0 saturated carbocycles. The Balaban J connectivity index is 0.00000138. The Kier molecular flexibility index (Phi) is 13.1. The van der Waals surface area contributed by atoms with Crippen LogP contribution in [0.15, 0.2) is 53.1 Å². The van der Waals surface area contributed by atoms with Gasteiger partial charge in [-0.25, -0.2) is 4.98 Å². The number of ether oxygens (including phenoxy) is 2. The number of halogens is 4. The van der Waals surface area contributed by atoms with Crippen molar-refractivity contribution in [2.45, 2.75) is 47.9 Å². The van der Waals surface area contributed by atoms with Crippen LogP contribution < -0.4 is 9.47 Å². The molecule has 0 aliphatic rings. The van der Waals surface area contributed by atoms with Crippen LogP contribution in [0.2, 0.25) is 5.02 Å². The standard InChI is InChI=1S/C17H11ClF3NO3.3C2H6/c1-23-14-7-11(6-12(18)8-14)16-22-15(9-24-16)10-2-4-13(5-3-10)25-17(19,20)21;3*1-2/h2-9H,1H3;3*1-2H3. The zero-order valence-corrected chi connectivity index (χ0v) is 19.6. The number of rotatable bonds is 4. The van der Waals surface area contributed by atoms with Crippen molar-refractivity contribution < 1.29 is 27.1 Å². The fraction of sp³-hybridized carbons (Fsp3) is 0.348. The van der Waals surface area contributed by atoms with E-state index in [-0.39, 0.29) is 5.75 Å². The number of hydrogen-bond acceptors (Lipinski definition) is 4. The second-order valence-electron chi connectivity index (χ2n) is 4.99. The number of benzene rings is 2. The van der Waals surface area contributed by atoms with Gasteiger partial charge in [0.05, 0.1) is 7.11 Å². The molecule has 3 rings (SSSR count). The molecular formula is C23H29ClF3NO3. The predicted octanol–water partition coefficient (Wildman–Crippen LogP) is 8.65. The van der Waals surface area contributed by atoms with Gasteiger partial charge in [-0.15, -0.1) is 13.2 Å². The summed E-state index contributed by atoms with van der Waals surface area (Å²) in [6.45, 7) is 12.0. The maximum atomic E-state index is 12.2. The molecule has 0 atom stereocenters. The summed E-state index contributed by atoms with van der Waals surface area (Å²) < 4.78 is 50.9. The highest BCUT2D eigenvalue weighted by molar-refractivity contribution is 6.31. The van der Waals surface area contributed by atoms with Crippen LogP contribution in [0.25, 0.3) is 22.7 Å². The summed E-state index contributed by atoms with van der Waals surface area (Å²) in [6.07, 6.45) is -3.32. The first-order valence-corrected chi connectivity index (χ1v) is 10.4. The van der Waals surface area contributed by atoms with Crippen LogP contribution in [-0.4, -0.2) is 18.5 Å². The Hall–Kier alpha value is -2.67. The molecule has 0 radical (unpaired) electrons. The number of methoxy groups -OCH3 is 1. The van der Waals surface area contributed by atoms with Gasteiger partial charge < -0.3 is 13.9 Å². The molecule has 3 aromatic rings. The first-order chi connectivity index (χ1) is 14.8. The lowest BCUT2D eigenvalue weighted by atomic mass is 10.1. The third-order valence-electron chi connectivity index (χ3n) is 3.24. The predicted molar refractivity (Wildman–Crippen MR) is 120 cm³/mol. The number of alkyl halides is 3. The number of oxazole rings is 1. The molecule has 0 aliphatic heterocycles. The van der Waals surface area contributed by atoms with Gasteiger partial charge in [-0.05, 0) is 42.5 Å². The first-order valence-electron chi connectivity index (χ1n) is 10.0. The van der Waals surface area contributed by atoms with Crippen molar-refractivity contribution >= 4 is 11.6 Å². The van der Waals surface area contributed by atoms with Crippen molar-refractivity contribution in [3.8, 4) is 34.2 Å². The molecule has 0 saturated heterocycles. The molecular weight excluding hydrogens is 431 g/mol. The topological polar surface area (TPSA) is 44.5 Å². The third kappa shape index (κ3) is 9.34. The summed E-state index contributed by atoms with van der Waals surface area (Å²) in [5.74, 6) is 0.557. The highest BCUT2D eigenvalue weighted by Gasteiger charge is 2.31. The van der Waals surface area contributed by atoms with E-state index in [4.69, 9.17) is 20.8 Å². The van der Waals surface area contributed by atoms with Gasteiger partial charge in [0.1, 0.15) is 23.5 Å². The molecule has 0 fully saturated rings. The van der Waals surface area contributed by atoms with Gasteiger partial charge in [-0.3, -0.25) is 0 Å². The Morgan fingerprint density at radius 3 is 1.94 bits per heavy atom. The van der Waals surface area contributed by atoms with Gasteiger partial charge in [0.25, 0.3) is 0 Å². The van der Waals surface area contributed by atoms with E-state index in [0.29, 0.717) is 33.5 Å². The Bertz CT molecular complexity index is 879. The van der Waals surface area contributed by atoms with E-state index in [0.717, 1.165) is 0 Å². The van der Waals surface area contributed by atoms with Crippen molar-refractivity contribution in [1.29, 1.82) is 0 Å². The lowest BCUT2D eigenvalue weighted by Gasteiger charge is -2.08. The SMILES string of the molecule is CC.CC.CC.COc1cc(Cl)cc(-c2nc(-c3ccc(OC(F)(F)F)cc3)co2)c1. The van der Waals surface area contributed by atoms with E-state index >= 15 is 0 Å². The molecule has 4 nitrogen and oxygen atoms in total. The molecule has 0 N–H and O–H groups in total. The lowest BCUT2D eigenvalue weighted by molar-refractivity contribution is -0.274. The molecule has 0 bridgehead atoms. The van der Waals surface area contributed by atoms with Gasteiger partial charge in [0.2, 0.25) is 5.89 Å². The lowest BCUT2D eigenvalue weighted by Crippen LogP contribution is -2.16. The Morgan fingerprint density at radius 2 is 1.42 bits per heavy atom. The summed E-state index contributed by atoms with van der Waals surface area (Å²) >= 11 is 6.02. The Morgan fingerprint density at radius 1 is 0.839 bits per heavy atom. The monoisotopic (exact) mass is 459 g/mol. The van der Waals surface area contributed by atoms with Crippen LogP contribution in [0.5, 0.6) is 11.5 Å². The minimum atomic E-state index is -4.73. The maximum absolute atomic E-state index is 12.2. The normalized spacial score (nSPS) is 9.77. The summed E-state index contributed by atoms with van der Waals surface area (Å²) in [5, 5.41) is 0.461. The molecule has 2 aromatic carbocycles. The average molecular weight is 460 g/mol. The van der Waals surface area contributed by atoms with Crippen LogP contribution in [-0.2, 0) is 0 Å². The first kappa shape index (κ1) is 28.3. The minimum absolute atomic E-state index is 0.306. The number of aromatic nitrogens is 1. The molecule has 0 spiro atoms. The second kappa shape index (κ2) is 14.4. The third-order valence-corrected chi connectivity index (χ3v) is 3.46. The van der Waals surface area contributed by atoms with Crippen LogP contribution in [0.4, 0.5) is 13.2 Å². The highest BCUT2D eigenvalue weighted by atomic mass is 35.5. The van der Waals surface area contributed by atoms with Crippen molar-refractivity contribution in [3.63, 3.8) is 0 Å². The van der Waals surface area contributed by atoms with Crippen LogP contribution >= 0.6 is 11.6 Å². The fourth-order valence-corrected chi connectivity index (χ4v) is 2.40. The van der Waals surface area contributed by atoms with Crippen molar-refractivity contribution in [2.24, 2.45) is 0 Å². The largest absolute Gasteiger partial charge is 0.573 e. The quantitative estimate of drug-likeness (QED) is 0.391. The summed E-state index contributed by atoms with van der Waals surface area (Å²) in [7, 11) is 1.51. The fourth-order valence-electron chi connectivity index (χ4n) is 2.17. The summed E-state index contributed by atoms with van der Waals surface area (Å²) in [4.78, 5) is 4.33. The van der Waals surface area contributed by atoms with E-state index in [2.05, 4.69) is 9.72 Å². The smallest absolute Gasteiger partial charge is 0.497 e. The molecule has 0 unspecified atom stereocenters. The molecule has 1 heterocycles. The zero-order chi connectivity index (χ0) is 24.0. The average Bonchev–Trinajstić information content (AvgIpc) is 3.27. The van der Waals surface area contributed by atoms with Crippen LogP contribution in [0.3, 0.4) is 0 Å². The van der Waals surface area contributed by atoms with E-state index in [1.54, 1.807) is 18.2 Å². The van der Waals surface area contributed by atoms with Crippen LogP contribution in [0.1, 0.15) is 41.5 Å². The van der Waals surface area contributed by atoms with Crippen molar-refractivity contribution in [3.05, 3.63) is 53.8 Å². The second-order valence-corrected chi connectivity index (χ2v) is 5.43. The van der Waals surface area contributed by atoms with Gasteiger partial charge in [-0.1, -0.05) is 53.1 Å². The van der Waals surface area contributed by atoms with Crippen LogP contribution in [0, 0.1) is 0 Å². The highest BCUT2D eigenvalue weighted by Crippen LogP contribution is 2.31. The molecule has 1 aromatic heterocycles. The van der Waals surface area contributed by atoms with E-state index in [1.807, 2.05) is 41.5 Å². The zero-order valence-electron chi connectivity index (χ0n) is 18.8. The summed E-state index contributed by atoms with van der Waals surface area (Å²) in [5.41, 5.74) is 1.67. The molecule has 172 valence electrons. The maximum Gasteiger partial charge on any atom is 0.573 e. The van der Waals surface area contributed by atoms with E-state index in [9.17, 15) is 13.2 Å². The molecule has 31 heavy (non-hydrogen) atoms. The number of nitrogens with zero attached hydrogens (tertiary/aromatic N) is 1. The van der Waals surface area contributed by atoms with E-state index in [1.165, 1.54) is 37.6 Å². The van der Waals surface area contributed by atoms with Gasteiger partial charge in [0, 0.05) is 16.1 Å². The van der Waals surface area contributed by atoms with E-state index < -0.39 is 6.36 Å². The number of hydrogen-bond donors (Lipinski definition) is 0. The summed E-state index contributed by atoms with van der Waals surface area (Å²) in [6, 6.07) is 10.4. The van der Waals surface area contributed by atoms with Gasteiger partial charge >= 0.3 is 6.36 Å². The van der Waals surface area contributed by atoms with Crippen molar-refractivity contribution in [1.82, 2.24) is 4.98 Å². The Labute approximate surface area is 187 Å². The molecule has 0 amide bonds. The molecule has 8 heteroatoms. The van der Waals surface area contributed by atoms with Crippen molar-refractivity contribution in [2.75, 3.05) is 7.11 Å². The van der Waals surface area contributed by atoms with Gasteiger partial charge in [0.15, 0.2) is 0 Å². The molecule has 0 aliphatic carbocycles. The van der Waals surface area contributed by atoms with Gasteiger partial charge in [-0.2, -0.15) is 0 Å². The minimum Gasteiger partial charge on any atom is -0.497 e.